The van der Waals surface area contributed by atoms with Gasteiger partial charge in [0.05, 0.1) is 16.3 Å². The Labute approximate surface area is 137 Å². The van der Waals surface area contributed by atoms with Gasteiger partial charge in [-0.05, 0) is 30.5 Å². The van der Waals surface area contributed by atoms with Crippen LogP contribution in [0.3, 0.4) is 0 Å². The number of para-hydroxylation sites is 1. The van der Waals surface area contributed by atoms with Crippen LogP contribution in [-0.2, 0) is 9.53 Å². The van der Waals surface area contributed by atoms with Crippen molar-refractivity contribution in [2.24, 2.45) is 0 Å². The lowest BCUT2D eigenvalue weighted by Gasteiger charge is -2.09. The van der Waals surface area contributed by atoms with Crippen molar-refractivity contribution in [1.82, 2.24) is 0 Å². The number of hydrogen-bond acceptors (Lipinski definition) is 4. The number of esters is 1. The van der Waals surface area contributed by atoms with Gasteiger partial charge in [0.25, 0.3) is 5.91 Å². The van der Waals surface area contributed by atoms with Crippen LogP contribution < -0.4 is 5.32 Å². The summed E-state index contributed by atoms with van der Waals surface area (Å²) in [6.07, 6.45) is 1.87. The van der Waals surface area contributed by atoms with Gasteiger partial charge in [0.15, 0.2) is 6.61 Å². The van der Waals surface area contributed by atoms with Gasteiger partial charge in [-0.15, -0.1) is 11.8 Å². The Kier molecular flexibility index (Phi) is 5.86. The van der Waals surface area contributed by atoms with Crippen LogP contribution in [0.2, 0.25) is 5.02 Å². The third kappa shape index (κ3) is 4.26. The molecule has 0 radical (unpaired) electrons. The monoisotopic (exact) mass is 335 g/mol. The van der Waals surface area contributed by atoms with Crippen molar-refractivity contribution in [2.75, 3.05) is 18.2 Å². The standard InChI is InChI=1S/C16H14ClNO3S/c1-22-14-9-5-2-6-11(14)16(20)21-10-15(19)18-13-8-4-3-7-12(13)17/h2-9H,10H2,1H3,(H,18,19). The lowest BCUT2D eigenvalue weighted by atomic mass is 10.2. The quantitative estimate of drug-likeness (QED) is 0.666. The third-order valence-electron chi connectivity index (χ3n) is 2.81. The molecule has 0 spiro atoms. The summed E-state index contributed by atoms with van der Waals surface area (Å²) in [5.41, 5.74) is 0.926. The molecule has 1 N–H and O–H groups in total. The fourth-order valence-corrected chi connectivity index (χ4v) is 2.54. The Morgan fingerprint density at radius 1 is 1.14 bits per heavy atom. The zero-order valence-corrected chi connectivity index (χ0v) is 13.4. The van der Waals surface area contributed by atoms with Gasteiger partial charge in [-0.1, -0.05) is 35.9 Å². The smallest absolute Gasteiger partial charge is 0.339 e. The predicted molar refractivity (Wildman–Crippen MR) is 88.6 cm³/mol. The molecule has 0 bridgehead atoms. The summed E-state index contributed by atoms with van der Waals surface area (Å²) in [5, 5.41) is 3.02. The average Bonchev–Trinajstić information content (AvgIpc) is 2.54. The Morgan fingerprint density at radius 3 is 2.55 bits per heavy atom. The van der Waals surface area contributed by atoms with Crippen LogP contribution in [0.1, 0.15) is 10.4 Å². The molecule has 0 saturated heterocycles. The maximum Gasteiger partial charge on any atom is 0.339 e. The van der Waals surface area contributed by atoms with Crippen molar-refractivity contribution in [3.05, 3.63) is 59.1 Å². The largest absolute Gasteiger partial charge is 0.452 e. The molecule has 4 nitrogen and oxygen atoms in total. The van der Waals surface area contributed by atoms with Gasteiger partial charge in [0.2, 0.25) is 0 Å². The molecular weight excluding hydrogens is 322 g/mol. The second-order valence-corrected chi connectivity index (χ2v) is 5.56. The molecule has 0 aliphatic rings. The first kappa shape index (κ1) is 16.4. The molecule has 1 amide bonds. The predicted octanol–water partition coefficient (Wildman–Crippen LogP) is 3.86. The van der Waals surface area contributed by atoms with Gasteiger partial charge < -0.3 is 10.1 Å². The number of rotatable bonds is 5. The number of halogens is 1. The minimum absolute atomic E-state index is 0.368. The molecule has 0 aliphatic carbocycles. The van der Waals surface area contributed by atoms with Gasteiger partial charge in [-0.3, -0.25) is 4.79 Å². The summed E-state index contributed by atoms with van der Waals surface area (Å²) in [6, 6.07) is 13.9. The normalized spacial score (nSPS) is 10.1. The lowest BCUT2D eigenvalue weighted by molar-refractivity contribution is -0.119. The van der Waals surface area contributed by atoms with E-state index in [0.717, 1.165) is 4.90 Å². The van der Waals surface area contributed by atoms with Crippen molar-refractivity contribution in [2.45, 2.75) is 4.90 Å². The number of thioether (sulfide) groups is 1. The highest BCUT2D eigenvalue weighted by Gasteiger charge is 2.14. The van der Waals surface area contributed by atoms with E-state index < -0.39 is 11.9 Å². The second kappa shape index (κ2) is 7.87. The maximum atomic E-state index is 12.0. The number of anilines is 1. The first-order valence-electron chi connectivity index (χ1n) is 6.46. The van der Waals surface area contributed by atoms with E-state index in [9.17, 15) is 9.59 Å². The first-order valence-corrected chi connectivity index (χ1v) is 8.06. The van der Waals surface area contributed by atoms with E-state index in [0.29, 0.717) is 16.3 Å². The number of hydrogen-bond donors (Lipinski definition) is 1. The van der Waals surface area contributed by atoms with E-state index in [1.165, 1.54) is 11.8 Å². The Morgan fingerprint density at radius 2 is 1.82 bits per heavy atom. The van der Waals surface area contributed by atoms with Crippen molar-refractivity contribution in [3.63, 3.8) is 0 Å². The summed E-state index contributed by atoms with van der Waals surface area (Å²) < 4.78 is 5.04. The fourth-order valence-electron chi connectivity index (χ4n) is 1.77. The number of ether oxygens (including phenoxy) is 1. The van der Waals surface area contributed by atoms with Gasteiger partial charge in [-0.25, -0.2) is 4.79 Å². The van der Waals surface area contributed by atoms with Crippen molar-refractivity contribution in [1.29, 1.82) is 0 Å². The van der Waals surface area contributed by atoms with Crippen LogP contribution in [0.15, 0.2) is 53.4 Å². The summed E-state index contributed by atoms with van der Waals surface area (Å²) in [5.74, 6) is -0.970. The first-order chi connectivity index (χ1) is 10.6. The van der Waals surface area contributed by atoms with Crippen molar-refractivity contribution < 1.29 is 14.3 Å². The van der Waals surface area contributed by atoms with Gasteiger partial charge in [-0.2, -0.15) is 0 Å². The zero-order chi connectivity index (χ0) is 15.9. The van der Waals surface area contributed by atoms with Crippen molar-refractivity contribution >= 4 is 40.9 Å². The zero-order valence-electron chi connectivity index (χ0n) is 11.8. The van der Waals surface area contributed by atoms with E-state index in [1.807, 2.05) is 18.4 Å². The number of amides is 1. The molecule has 114 valence electrons. The topological polar surface area (TPSA) is 55.4 Å². The number of carbonyl (C=O) groups is 2. The molecule has 0 fully saturated rings. The maximum absolute atomic E-state index is 12.0. The van der Waals surface area contributed by atoms with Crippen molar-refractivity contribution in [3.8, 4) is 0 Å². The number of carbonyl (C=O) groups excluding carboxylic acids is 2. The number of benzene rings is 2. The van der Waals surface area contributed by atoms with Gasteiger partial charge >= 0.3 is 5.97 Å². The highest BCUT2D eigenvalue weighted by atomic mass is 35.5. The Bertz CT molecular complexity index is 691. The van der Waals surface area contributed by atoms with Crippen LogP contribution >= 0.6 is 23.4 Å². The minimum atomic E-state index is -0.528. The fraction of sp³-hybridized carbons (Fsp3) is 0.125. The summed E-state index contributed by atoms with van der Waals surface area (Å²) in [7, 11) is 0. The number of nitrogens with one attached hydrogen (secondary N) is 1. The molecular formula is C16H14ClNO3S. The molecule has 0 atom stereocenters. The van der Waals surface area contributed by atoms with Crippen LogP contribution in [0.25, 0.3) is 0 Å². The second-order valence-electron chi connectivity index (χ2n) is 4.30. The van der Waals surface area contributed by atoms with E-state index in [-0.39, 0.29) is 6.61 Å². The molecule has 2 rings (SSSR count). The Hall–Kier alpha value is -1.98. The summed E-state index contributed by atoms with van der Waals surface area (Å²) in [4.78, 5) is 24.6. The molecule has 0 heterocycles. The van der Waals surface area contributed by atoms with Gasteiger partial charge in [0.1, 0.15) is 0 Å². The summed E-state index contributed by atoms with van der Waals surface area (Å²) >= 11 is 7.39. The third-order valence-corrected chi connectivity index (χ3v) is 3.93. The van der Waals surface area contributed by atoms with E-state index in [2.05, 4.69) is 5.32 Å². The molecule has 0 saturated carbocycles. The molecule has 22 heavy (non-hydrogen) atoms. The molecule has 2 aromatic rings. The molecule has 0 unspecified atom stereocenters. The van der Waals surface area contributed by atoms with E-state index >= 15 is 0 Å². The minimum Gasteiger partial charge on any atom is -0.452 e. The van der Waals surface area contributed by atoms with Crippen LogP contribution in [0.5, 0.6) is 0 Å². The van der Waals surface area contributed by atoms with Gasteiger partial charge in [0, 0.05) is 4.90 Å². The summed E-state index contributed by atoms with van der Waals surface area (Å²) in [6.45, 7) is -0.368. The SMILES string of the molecule is CSc1ccccc1C(=O)OCC(=O)Nc1ccccc1Cl. The van der Waals surface area contributed by atoms with Crippen LogP contribution in [0, 0.1) is 0 Å². The van der Waals surface area contributed by atoms with Crippen LogP contribution in [-0.4, -0.2) is 24.7 Å². The van der Waals surface area contributed by atoms with E-state index in [4.69, 9.17) is 16.3 Å². The van der Waals surface area contributed by atoms with Crippen LogP contribution in [0.4, 0.5) is 5.69 Å². The molecule has 6 heteroatoms. The molecule has 0 aromatic heterocycles. The lowest BCUT2D eigenvalue weighted by Crippen LogP contribution is -2.21. The Balaban J connectivity index is 1.94. The average molecular weight is 336 g/mol. The highest BCUT2D eigenvalue weighted by Crippen LogP contribution is 2.21. The van der Waals surface area contributed by atoms with E-state index in [1.54, 1.807) is 36.4 Å². The molecule has 0 aliphatic heterocycles. The molecule has 2 aromatic carbocycles. The highest BCUT2D eigenvalue weighted by molar-refractivity contribution is 7.98.